The van der Waals surface area contributed by atoms with E-state index >= 15 is 0 Å². The van der Waals surface area contributed by atoms with Crippen molar-refractivity contribution in [1.82, 2.24) is 9.97 Å². The first-order valence-electron chi connectivity index (χ1n) is 5.99. The van der Waals surface area contributed by atoms with Crippen molar-refractivity contribution < 1.29 is 0 Å². The van der Waals surface area contributed by atoms with Crippen LogP contribution in [0, 0.1) is 5.92 Å². The highest BCUT2D eigenvalue weighted by Crippen LogP contribution is 2.28. The van der Waals surface area contributed by atoms with Crippen LogP contribution >= 0.6 is 0 Å². The molecule has 1 fully saturated rings. The average Bonchev–Trinajstić information content (AvgIpc) is 2.78. The largest absolute Gasteiger partial charge is 0.373 e. The van der Waals surface area contributed by atoms with Crippen LogP contribution in [0.2, 0.25) is 0 Å². The van der Waals surface area contributed by atoms with Gasteiger partial charge >= 0.3 is 0 Å². The minimum atomic E-state index is 0.625. The van der Waals surface area contributed by atoms with Crippen LogP contribution in [0.15, 0.2) is 12.4 Å². The summed E-state index contributed by atoms with van der Waals surface area (Å²) in [7, 11) is 1.88. The molecule has 2 rings (SSSR count). The molecule has 16 heavy (non-hydrogen) atoms. The van der Waals surface area contributed by atoms with Gasteiger partial charge in [-0.05, 0) is 18.8 Å². The maximum Gasteiger partial charge on any atom is 0.134 e. The fourth-order valence-corrected chi connectivity index (χ4v) is 2.41. The lowest BCUT2D eigenvalue weighted by molar-refractivity contribution is 0.489. The summed E-state index contributed by atoms with van der Waals surface area (Å²) in [6.07, 6.45) is 4.18. The fourth-order valence-electron chi connectivity index (χ4n) is 2.41. The van der Waals surface area contributed by atoms with Gasteiger partial charge in [0.15, 0.2) is 0 Å². The molecule has 1 unspecified atom stereocenters. The minimum absolute atomic E-state index is 0.625. The fraction of sp³-hybridized carbons (Fsp3) is 0.667. The third kappa shape index (κ3) is 2.10. The number of nitrogens with one attached hydrogen (secondary N) is 1. The number of hydrogen-bond donors (Lipinski definition) is 1. The zero-order chi connectivity index (χ0) is 11.5. The maximum absolute atomic E-state index is 4.38. The van der Waals surface area contributed by atoms with Crippen LogP contribution < -0.4 is 10.2 Å². The van der Waals surface area contributed by atoms with Gasteiger partial charge in [-0.2, -0.15) is 0 Å². The van der Waals surface area contributed by atoms with Crippen LogP contribution in [-0.2, 0) is 0 Å². The highest BCUT2D eigenvalue weighted by Gasteiger charge is 2.28. The highest BCUT2D eigenvalue weighted by molar-refractivity contribution is 5.49. The van der Waals surface area contributed by atoms with E-state index in [0.29, 0.717) is 12.0 Å². The first-order valence-corrected chi connectivity index (χ1v) is 5.99. The van der Waals surface area contributed by atoms with Crippen molar-refractivity contribution in [3.8, 4) is 0 Å². The number of rotatable bonds is 3. The van der Waals surface area contributed by atoms with Gasteiger partial charge in [0.05, 0.1) is 0 Å². The van der Waals surface area contributed by atoms with E-state index in [9.17, 15) is 0 Å². The van der Waals surface area contributed by atoms with Gasteiger partial charge in [0, 0.05) is 25.7 Å². The van der Waals surface area contributed by atoms with Gasteiger partial charge in [0.1, 0.15) is 18.0 Å². The van der Waals surface area contributed by atoms with Gasteiger partial charge in [-0.1, -0.05) is 13.8 Å². The topological polar surface area (TPSA) is 41.0 Å². The molecule has 0 saturated carbocycles. The van der Waals surface area contributed by atoms with E-state index in [0.717, 1.165) is 18.2 Å². The zero-order valence-corrected chi connectivity index (χ0v) is 10.3. The summed E-state index contributed by atoms with van der Waals surface area (Å²) in [6.45, 7) is 5.68. The van der Waals surface area contributed by atoms with Crippen LogP contribution in [0.25, 0.3) is 0 Å². The van der Waals surface area contributed by atoms with Crippen LogP contribution in [-0.4, -0.2) is 29.6 Å². The predicted octanol–water partition coefficient (Wildman–Crippen LogP) is 2.14. The molecule has 0 aliphatic carbocycles. The Balaban J connectivity index is 2.22. The Bertz CT molecular complexity index is 351. The number of nitrogens with zero attached hydrogens (tertiary/aromatic N) is 3. The summed E-state index contributed by atoms with van der Waals surface area (Å²) in [5.74, 6) is 2.62. The molecule has 1 aliphatic heterocycles. The van der Waals surface area contributed by atoms with Gasteiger partial charge in [-0.25, -0.2) is 9.97 Å². The molecule has 0 radical (unpaired) electrons. The molecule has 1 aromatic rings. The Morgan fingerprint density at radius 3 is 2.94 bits per heavy atom. The molecule has 1 atom stereocenters. The Kier molecular flexibility index (Phi) is 3.27. The van der Waals surface area contributed by atoms with Gasteiger partial charge in [0.25, 0.3) is 0 Å². The van der Waals surface area contributed by atoms with Crippen molar-refractivity contribution in [3.05, 3.63) is 12.4 Å². The smallest absolute Gasteiger partial charge is 0.134 e. The molecular formula is C12H20N4. The maximum atomic E-state index is 4.38. The van der Waals surface area contributed by atoms with Gasteiger partial charge < -0.3 is 10.2 Å². The second-order valence-electron chi connectivity index (χ2n) is 4.66. The lowest BCUT2D eigenvalue weighted by Gasteiger charge is -2.28. The molecule has 4 heteroatoms. The molecule has 1 aliphatic rings. The summed E-state index contributed by atoms with van der Waals surface area (Å²) in [5, 5.41) is 3.06. The second-order valence-corrected chi connectivity index (χ2v) is 4.66. The van der Waals surface area contributed by atoms with Crippen LogP contribution in [0.1, 0.15) is 26.7 Å². The summed E-state index contributed by atoms with van der Waals surface area (Å²) >= 11 is 0. The summed E-state index contributed by atoms with van der Waals surface area (Å²) in [4.78, 5) is 10.9. The molecule has 1 saturated heterocycles. The molecule has 4 nitrogen and oxygen atoms in total. The molecule has 1 N–H and O–H groups in total. The zero-order valence-electron chi connectivity index (χ0n) is 10.3. The van der Waals surface area contributed by atoms with E-state index in [-0.39, 0.29) is 0 Å². The third-order valence-electron chi connectivity index (χ3n) is 3.27. The summed E-state index contributed by atoms with van der Waals surface area (Å²) in [6, 6.07) is 2.65. The first-order chi connectivity index (χ1) is 7.72. The first kappa shape index (κ1) is 11.2. The lowest BCUT2D eigenvalue weighted by Crippen LogP contribution is -2.34. The van der Waals surface area contributed by atoms with Gasteiger partial charge in [0.2, 0.25) is 0 Å². The molecule has 0 bridgehead atoms. The minimum Gasteiger partial charge on any atom is -0.373 e. The van der Waals surface area contributed by atoms with Crippen LogP contribution in [0.3, 0.4) is 0 Å². The highest BCUT2D eigenvalue weighted by atomic mass is 15.2. The van der Waals surface area contributed by atoms with E-state index in [1.54, 1.807) is 6.33 Å². The monoisotopic (exact) mass is 220 g/mol. The van der Waals surface area contributed by atoms with Crippen molar-refractivity contribution in [1.29, 1.82) is 0 Å². The molecule has 88 valence electrons. The van der Waals surface area contributed by atoms with Crippen LogP contribution in [0.4, 0.5) is 11.6 Å². The quantitative estimate of drug-likeness (QED) is 0.847. The predicted molar refractivity (Wildman–Crippen MR) is 66.8 cm³/mol. The SMILES string of the molecule is CNc1cc(N2CCCC2C(C)C)ncn1. The Hall–Kier alpha value is -1.32. The number of aromatic nitrogens is 2. The Labute approximate surface area is 97.1 Å². The van der Waals surface area contributed by atoms with E-state index in [1.807, 2.05) is 13.1 Å². The summed E-state index contributed by atoms with van der Waals surface area (Å²) in [5.41, 5.74) is 0. The third-order valence-corrected chi connectivity index (χ3v) is 3.27. The Morgan fingerprint density at radius 2 is 2.25 bits per heavy atom. The molecule has 0 aromatic carbocycles. The van der Waals surface area contributed by atoms with E-state index in [2.05, 4.69) is 34.0 Å². The molecule has 0 amide bonds. The van der Waals surface area contributed by atoms with Crippen molar-refractivity contribution >= 4 is 11.6 Å². The summed E-state index contributed by atoms with van der Waals surface area (Å²) < 4.78 is 0. The van der Waals surface area contributed by atoms with Gasteiger partial charge in [-0.3, -0.25) is 0 Å². The van der Waals surface area contributed by atoms with Crippen molar-refractivity contribution in [2.24, 2.45) is 5.92 Å². The molecule has 2 heterocycles. The second kappa shape index (κ2) is 4.68. The molecule has 1 aromatic heterocycles. The Morgan fingerprint density at radius 1 is 1.44 bits per heavy atom. The average molecular weight is 220 g/mol. The normalized spacial score (nSPS) is 20.5. The molecular weight excluding hydrogens is 200 g/mol. The van der Waals surface area contributed by atoms with Gasteiger partial charge in [-0.15, -0.1) is 0 Å². The van der Waals surface area contributed by atoms with Crippen molar-refractivity contribution in [2.75, 3.05) is 23.8 Å². The van der Waals surface area contributed by atoms with Crippen LogP contribution in [0.5, 0.6) is 0 Å². The standard InChI is InChI=1S/C12H20N4/c1-9(2)10-5-4-6-16(10)12-7-11(13-3)14-8-15-12/h7-10H,4-6H2,1-3H3,(H,13,14,15). The van der Waals surface area contributed by atoms with E-state index in [1.165, 1.54) is 12.8 Å². The number of hydrogen-bond acceptors (Lipinski definition) is 4. The molecule has 0 spiro atoms. The van der Waals surface area contributed by atoms with E-state index < -0.39 is 0 Å². The number of anilines is 2. The van der Waals surface area contributed by atoms with Crippen molar-refractivity contribution in [2.45, 2.75) is 32.7 Å². The van der Waals surface area contributed by atoms with Crippen molar-refractivity contribution in [3.63, 3.8) is 0 Å². The van der Waals surface area contributed by atoms with E-state index in [4.69, 9.17) is 0 Å². The lowest BCUT2D eigenvalue weighted by atomic mass is 10.0.